The standard InChI is InChI=1S/C14H14BrFN2/c1-9(10-2-4-11(15)5-3-10)18-14-7-6-12(17)8-13(14)16/h2-9,18H,17H2,1H3. The molecule has 0 radical (unpaired) electrons. The number of anilines is 2. The van der Waals surface area contributed by atoms with Gasteiger partial charge in [-0.05, 0) is 42.8 Å². The molecular weight excluding hydrogens is 295 g/mol. The van der Waals surface area contributed by atoms with Crippen molar-refractivity contribution in [1.82, 2.24) is 0 Å². The van der Waals surface area contributed by atoms with Crippen LogP contribution in [0.1, 0.15) is 18.5 Å². The van der Waals surface area contributed by atoms with Crippen molar-refractivity contribution in [3.63, 3.8) is 0 Å². The second-order valence-electron chi connectivity index (χ2n) is 4.16. The van der Waals surface area contributed by atoms with Gasteiger partial charge in [-0.25, -0.2) is 4.39 Å². The summed E-state index contributed by atoms with van der Waals surface area (Å²) in [4.78, 5) is 0. The largest absolute Gasteiger partial charge is 0.399 e. The topological polar surface area (TPSA) is 38.0 Å². The van der Waals surface area contributed by atoms with E-state index >= 15 is 0 Å². The van der Waals surface area contributed by atoms with E-state index in [1.165, 1.54) is 6.07 Å². The Labute approximate surface area is 114 Å². The third kappa shape index (κ3) is 3.01. The molecule has 2 aromatic rings. The van der Waals surface area contributed by atoms with Gasteiger partial charge in [0, 0.05) is 16.2 Å². The summed E-state index contributed by atoms with van der Waals surface area (Å²) >= 11 is 3.39. The van der Waals surface area contributed by atoms with Gasteiger partial charge >= 0.3 is 0 Å². The number of nitrogen functional groups attached to an aromatic ring is 1. The molecule has 0 aromatic heterocycles. The first-order valence-corrected chi connectivity index (χ1v) is 6.42. The Kier molecular flexibility index (Phi) is 3.87. The SMILES string of the molecule is CC(Nc1ccc(N)cc1F)c1ccc(Br)cc1. The molecule has 0 amide bonds. The molecule has 0 fully saturated rings. The van der Waals surface area contributed by atoms with E-state index in [1.54, 1.807) is 12.1 Å². The molecule has 0 aliphatic carbocycles. The second kappa shape index (κ2) is 5.40. The van der Waals surface area contributed by atoms with E-state index in [4.69, 9.17) is 5.73 Å². The fourth-order valence-corrected chi connectivity index (χ4v) is 1.98. The van der Waals surface area contributed by atoms with Crippen LogP contribution in [0, 0.1) is 5.82 Å². The van der Waals surface area contributed by atoms with Gasteiger partial charge in [0.05, 0.1) is 5.69 Å². The second-order valence-corrected chi connectivity index (χ2v) is 5.07. The predicted molar refractivity (Wildman–Crippen MR) is 77.0 cm³/mol. The van der Waals surface area contributed by atoms with Crippen LogP contribution in [-0.2, 0) is 0 Å². The first-order chi connectivity index (χ1) is 8.56. The molecule has 0 bridgehead atoms. The highest BCUT2D eigenvalue weighted by Crippen LogP contribution is 2.24. The highest BCUT2D eigenvalue weighted by molar-refractivity contribution is 9.10. The zero-order valence-corrected chi connectivity index (χ0v) is 11.5. The van der Waals surface area contributed by atoms with Crippen molar-refractivity contribution in [3.05, 3.63) is 58.3 Å². The van der Waals surface area contributed by atoms with Gasteiger partial charge < -0.3 is 11.1 Å². The molecule has 2 aromatic carbocycles. The van der Waals surface area contributed by atoms with E-state index in [-0.39, 0.29) is 11.9 Å². The Hall–Kier alpha value is -1.55. The molecule has 0 aliphatic heterocycles. The van der Waals surface area contributed by atoms with Gasteiger partial charge in [0.2, 0.25) is 0 Å². The van der Waals surface area contributed by atoms with E-state index in [0.29, 0.717) is 11.4 Å². The molecule has 2 nitrogen and oxygen atoms in total. The number of rotatable bonds is 3. The molecule has 0 saturated heterocycles. The van der Waals surface area contributed by atoms with Crippen LogP contribution in [0.5, 0.6) is 0 Å². The summed E-state index contributed by atoms with van der Waals surface area (Å²) in [5.41, 5.74) is 7.49. The molecule has 3 N–H and O–H groups in total. The molecule has 1 unspecified atom stereocenters. The Balaban J connectivity index is 2.15. The maximum absolute atomic E-state index is 13.6. The van der Waals surface area contributed by atoms with Crippen LogP contribution < -0.4 is 11.1 Å². The Morgan fingerprint density at radius 1 is 1.17 bits per heavy atom. The fourth-order valence-electron chi connectivity index (χ4n) is 1.72. The number of halogens is 2. The normalized spacial score (nSPS) is 12.2. The summed E-state index contributed by atoms with van der Waals surface area (Å²) < 4.78 is 14.7. The van der Waals surface area contributed by atoms with Crippen molar-refractivity contribution >= 4 is 27.3 Å². The van der Waals surface area contributed by atoms with Gasteiger partial charge in [-0.2, -0.15) is 0 Å². The summed E-state index contributed by atoms with van der Waals surface area (Å²) in [6.45, 7) is 1.99. The lowest BCUT2D eigenvalue weighted by Crippen LogP contribution is -2.08. The Bertz CT molecular complexity index is 540. The number of nitrogens with two attached hydrogens (primary N) is 1. The third-order valence-electron chi connectivity index (χ3n) is 2.74. The third-order valence-corrected chi connectivity index (χ3v) is 3.26. The molecule has 1 atom stereocenters. The minimum absolute atomic E-state index is 0.0243. The first kappa shape index (κ1) is 12.9. The highest BCUT2D eigenvalue weighted by atomic mass is 79.9. The van der Waals surface area contributed by atoms with Crippen molar-refractivity contribution in [2.75, 3.05) is 11.1 Å². The average Bonchev–Trinajstić information content (AvgIpc) is 2.33. The van der Waals surface area contributed by atoms with Crippen molar-refractivity contribution in [2.45, 2.75) is 13.0 Å². The molecule has 0 aliphatic rings. The van der Waals surface area contributed by atoms with Gasteiger partial charge in [0.1, 0.15) is 5.82 Å². The van der Waals surface area contributed by atoms with E-state index in [2.05, 4.69) is 21.2 Å². The maximum Gasteiger partial charge on any atom is 0.148 e. The van der Waals surface area contributed by atoms with Gasteiger partial charge in [-0.3, -0.25) is 0 Å². The summed E-state index contributed by atoms with van der Waals surface area (Å²) in [6, 6.07) is 12.6. The van der Waals surface area contributed by atoms with Crippen molar-refractivity contribution in [3.8, 4) is 0 Å². The number of benzene rings is 2. The summed E-state index contributed by atoms with van der Waals surface area (Å²) in [7, 11) is 0. The van der Waals surface area contributed by atoms with Gasteiger partial charge in [0.15, 0.2) is 0 Å². The van der Waals surface area contributed by atoms with Gasteiger partial charge in [-0.1, -0.05) is 28.1 Å². The van der Waals surface area contributed by atoms with Gasteiger partial charge in [-0.15, -0.1) is 0 Å². The van der Waals surface area contributed by atoms with Crippen molar-refractivity contribution in [1.29, 1.82) is 0 Å². The number of hydrogen-bond acceptors (Lipinski definition) is 2. The Morgan fingerprint density at radius 2 is 1.83 bits per heavy atom. The maximum atomic E-state index is 13.6. The molecule has 0 heterocycles. The van der Waals surface area contributed by atoms with Crippen molar-refractivity contribution < 1.29 is 4.39 Å². The fraction of sp³-hybridized carbons (Fsp3) is 0.143. The molecular formula is C14H14BrFN2. The average molecular weight is 309 g/mol. The van der Waals surface area contributed by atoms with Crippen molar-refractivity contribution in [2.24, 2.45) is 0 Å². The summed E-state index contributed by atoms with van der Waals surface area (Å²) in [5.74, 6) is -0.334. The van der Waals surface area contributed by atoms with Crippen LogP contribution in [0.4, 0.5) is 15.8 Å². The number of nitrogens with one attached hydrogen (secondary N) is 1. The lowest BCUT2D eigenvalue weighted by atomic mass is 10.1. The predicted octanol–water partition coefficient (Wildman–Crippen LogP) is 4.34. The monoisotopic (exact) mass is 308 g/mol. The number of hydrogen-bond donors (Lipinski definition) is 2. The van der Waals surface area contributed by atoms with Crippen LogP contribution in [0.15, 0.2) is 46.9 Å². The molecule has 18 heavy (non-hydrogen) atoms. The van der Waals surface area contributed by atoms with Crippen LogP contribution in [-0.4, -0.2) is 0 Å². The zero-order valence-electron chi connectivity index (χ0n) is 9.95. The minimum Gasteiger partial charge on any atom is -0.399 e. The summed E-state index contributed by atoms with van der Waals surface area (Å²) in [6.07, 6.45) is 0. The van der Waals surface area contributed by atoms with E-state index in [1.807, 2.05) is 31.2 Å². The van der Waals surface area contributed by atoms with Crippen LogP contribution in [0.2, 0.25) is 0 Å². The quantitative estimate of drug-likeness (QED) is 0.828. The zero-order chi connectivity index (χ0) is 13.1. The van der Waals surface area contributed by atoms with Crippen LogP contribution in [0.25, 0.3) is 0 Å². The van der Waals surface area contributed by atoms with Crippen LogP contribution >= 0.6 is 15.9 Å². The lowest BCUT2D eigenvalue weighted by Gasteiger charge is -2.16. The van der Waals surface area contributed by atoms with Gasteiger partial charge in [0.25, 0.3) is 0 Å². The molecule has 2 rings (SSSR count). The first-order valence-electron chi connectivity index (χ1n) is 5.63. The summed E-state index contributed by atoms with van der Waals surface area (Å²) in [5, 5.41) is 3.13. The molecule has 4 heteroatoms. The molecule has 0 saturated carbocycles. The van der Waals surface area contributed by atoms with E-state index in [9.17, 15) is 4.39 Å². The Morgan fingerprint density at radius 3 is 2.44 bits per heavy atom. The van der Waals surface area contributed by atoms with E-state index in [0.717, 1.165) is 10.0 Å². The molecule has 0 spiro atoms. The molecule has 94 valence electrons. The highest BCUT2D eigenvalue weighted by Gasteiger charge is 2.08. The van der Waals surface area contributed by atoms with Crippen LogP contribution in [0.3, 0.4) is 0 Å². The van der Waals surface area contributed by atoms with E-state index < -0.39 is 0 Å². The smallest absolute Gasteiger partial charge is 0.148 e. The minimum atomic E-state index is -0.334. The lowest BCUT2D eigenvalue weighted by molar-refractivity contribution is 0.628.